The molecule has 0 heterocycles. The van der Waals surface area contributed by atoms with Crippen molar-refractivity contribution in [3.63, 3.8) is 0 Å². The summed E-state index contributed by atoms with van der Waals surface area (Å²) in [5.41, 5.74) is 0.309. The average molecular weight is 318 g/mol. The van der Waals surface area contributed by atoms with E-state index in [0.717, 1.165) is 12.6 Å². The number of amides is 2. The highest BCUT2D eigenvalue weighted by molar-refractivity contribution is 5.96. The third-order valence-corrected chi connectivity index (χ3v) is 2.66. The molecule has 0 fully saturated rings. The largest absolute Gasteiger partial charge is 0.350 e. The maximum atomic E-state index is 13.5. The van der Waals surface area contributed by atoms with Gasteiger partial charge in [-0.25, -0.2) is 4.39 Å². The Balaban J connectivity index is 0.00000400. The highest BCUT2D eigenvalue weighted by Gasteiger charge is 2.11. The molecule has 1 aromatic rings. The zero-order valence-electron chi connectivity index (χ0n) is 12.3. The monoisotopic (exact) mass is 317 g/mol. The van der Waals surface area contributed by atoms with Crippen LogP contribution < -0.4 is 16.0 Å². The first-order chi connectivity index (χ1) is 9.43. The van der Waals surface area contributed by atoms with Crippen LogP contribution in [0.1, 0.15) is 31.1 Å². The van der Waals surface area contributed by atoms with Gasteiger partial charge >= 0.3 is 0 Å². The molecule has 1 rings (SSSR count). The third-order valence-electron chi connectivity index (χ3n) is 2.66. The van der Waals surface area contributed by atoms with E-state index >= 15 is 0 Å². The summed E-state index contributed by atoms with van der Waals surface area (Å²) in [5.74, 6) is -1.26. The lowest BCUT2D eigenvalue weighted by molar-refractivity contribution is -0.114. The van der Waals surface area contributed by atoms with Gasteiger partial charge in [0.2, 0.25) is 5.91 Å². The number of hydrogen-bond donors (Lipinski definition) is 3. The molecule has 7 heteroatoms. The zero-order valence-corrected chi connectivity index (χ0v) is 13.1. The van der Waals surface area contributed by atoms with Crippen LogP contribution in [0.15, 0.2) is 18.2 Å². The molecule has 0 spiro atoms. The van der Waals surface area contributed by atoms with E-state index in [-0.39, 0.29) is 36.0 Å². The Morgan fingerprint density at radius 3 is 2.57 bits per heavy atom. The summed E-state index contributed by atoms with van der Waals surface area (Å²) in [6, 6.07) is 4.02. The highest BCUT2D eigenvalue weighted by Crippen LogP contribution is 2.16. The Hall–Kier alpha value is -1.66. The second-order valence-corrected chi connectivity index (χ2v) is 4.54. The number of likely N-dealkylation sites (N-methyl/N-ethyl adjacent to an activating group) is 1. The number of nitrogens with one attached hydrogen (secondary N) is 3. The van der Waals surface area contributed by atoms with Crippen LogP contribution in [0.5, 0.6) is 0 Å². The quantitative estimate of drug-likeness (QED) is 0.751. The molecule has 21 heavy (non-hydrogen) atoms. The molecule has 2 amide bonds. The van der Waals surface area contributed by atoms with Crippen LogP contribution >= 0.6 is 12.4 Å². The van der Waals surface area contributed by atoms with Gasteiger partial charge < -0.3 is 16.0 Å². The van der Waals surface area contributed by atoms with Crippen molar-refractivity contribution in [2.75, 3.05) is 18.4 Å². The van der Waals surface area contributed by atoms with Gasteiger partial charge in [-0.1, -0.05) is 6.92 Å². The van der Waals surface area contributed by atoms with Crippen molar-refractivity contribution in [3.8, 4) is 0 Å². The van der Waals surface area contributed by atoms with Crippen LogP contribution in [0, 0.1) is 5.82 Å². The zero-order chi connectivity index (χ0) is 15.1. The third kappa shape index (κ3) is 6.55. The summed E-state index contributed by atoms with van der Waals surface area (Å²) < 4.78 is 13.5. The first kappa shape index (κ1) is 19.3. The van der Waals surface area contributed by atoms with Gasteiger partial charge in [-0.15, -0.1) is 12.4 Å². The summed E-state index contributed by atoms with van der Waals surface area (Å²) in [4.78, 5) is 22.9. The molecule has 0 radical (unpaired) electrons. The molecule has 0 saturated carbocycles. The minimum absolute atomic E-state index is 0. The van der Waals surface area contributed by atoms with Gasteiger partial charge in [-0.2, -0.15) is 0 Å². The second-order valence-electron chi connectivity index (χ2n) is 4.54. The number of hydrogen-bond acceptors (Lipinski definition) is 3. The van der Waals surface area contributed by atoms with Crippen molar-refractivity contribution in [2.24, 2.45) is 0 Å². The van der Waals surface area contributed by atoms with Crippen molar-refractivity contribution < 1.29 is 14.0 Å². The second kappa shape index (κ2) is 9.31. The predicted molar refractivity (Wildman–Crippen MR) is 83.4 cm³/mol. The molecule has 118 valence electrons. The van der Waals surface area contributed by atoms with E-state index in [4.69, 9.17) is 0 Å². The van der Waals surface area contributed by atoms with E-state index in [0.29, 0.717) is 12.1 Å². The fraction of sp³-hybridized carbons (Fsp3) is 0.429. The van der Waals surface area contributed by atoms with E-state index in [1.807, 2.05) is 13.8 Å². The number of rotatable bonds is 6. The summed E-state index contributed by atoms with van der Waals surface area (Å²) in [7, 11) is 0. The lowest BCUT2D eigenvalue weighted by Crippen LogP contribution is -2.38. The van der Waals surface area contributed by atoms with E-state index in [1.54, 1.807) is 0 Å². The molecule has 3 N–H and O–H groups in total. The summed E-state index contributed by atoms with van der Waals surface area (Å²) >= 11 is 0. The van der Waals surface area contributed by atoms with E-state index in [1.165, 1.54) is 19.1 Å². The van der Waals surface area contributed by atoms with E-state index < -0.39 is 5.82 Å². The van der Waals surface area contributed by atoms with E-state index in [9.17, 15) is 14.0 Å². The van der Waals surface area contributed by atoms with Crippen LogP contribution in [0.25, 0.3) is 0 Å². The van der Waals surface area contributed by atoms with Crippen LogP contribution in [0.3, 0.4) is 0 Å². The SMILES string of the molecule is CCN[C@H](C)CNC(=O)c1ccc(F)c(NC(C)=O)c1.Cl. The molecule has 0 unspecified atom stereocenters. The normalized spacial score (nSPS) is 11.2. The molecule has 1 atom stereocenters. The summed E-state index contributed by atoms with van der Waals surface area (Å²) in [6.45, 7) is 6.51. The van der Waals surface area contributed by atoms with Crippen LogP contribution in [0.2, 0.25) is 0 Å². The molecular formula is C14H21ClFN3O2. The Morgan fingerprint density at radius 1 is 1.33 bits per heavy atom. The molecule has 0 aliphatic carbocycles. The minimum atomic E-state index is -0.572. The van der Waals surface area contributed by atoms with Gasteiger partial charge in [0.15, 0.2) is 0 Å². The molecular weight excluding hydrogens is 297 g/mol. The fourth-order valence-electron chi connectivity index (χ4n) is 1.72. The smallest absolute Gasteiger partial charge is 0.251 e. The number of anilines is 1. The molecule has 1 aromatic carbocycles. The maximum Gasteiger partial charge on any atom is 0.251 e. The standard InChI is InChI=1S/C14H20FN3O2.ClH/c1-4-16-9(2)8-17-14(20)11-5-6-12(15)13(7-11)18-10(3)19;/h5-7,9,16H,4,8H2,1-3H3,(H,17,20)(H,18,19);1H/t9-;/m1./s1. The molecule has 0 bridgehead atoms. The topological polar surface area (TPSA) is 70.2 Å². The number of halogens is 2. The summed E-state index contributed by atoms with van der Waals surface area (Å²) in [6.07, 6.45) is 0. The highest BCUT2D eigenvalue weighted by atomic mass is 35.5. The van der Waals surface area contributed by atoms with Crippen molar-refractivity contribution in [1.29, 1.82) is 0 Å². The lowest BCUT2D eigenvalue weighted by Gasteiger charge is -2.13. The molecule has 5 nitrogen and oxygen atoms in total. The Labute approximate surface area is 130 Å². The molecule has 0 aromatic heterocycles. The molecule has 0 saturated heterocycles. The average Bonchev–Trinajstić information content (AvgIpc) is 2.38. The van der Waals surface area contributed by atoms with Gasteiger partial charge in [0.1, 0.15) is 5.82 Å². The van der Waals surface area contributed by atoms with Crippen molar-refractivity contribution >= 4 is 29.9 Å². The van der Waals surface area contributed by atoms with Crippen LogP contribution in [-0.4, -0.2) is 30.9 Å². The van der Waals surface area contributed by atoms with Crippen LogP contribution in [-0.2, 0) is 4.79 Å². The van der Waals surface area contributed by atoms with E-state index in [2.05, 4.69) is 16.0 Å². The number of benzene rings is 1. The summed E-state index contributed by atoms with van der Waals surface area (Å²) in [5, 5.41) is 8.26. The van der Waals surface area contributed by atoms with Gasteiger partial charge in [0.25, 0.3) is 5.91 Å². The first-order valence-corrected chi connectivity index (χ1v) is 6.52. The van der Waals surface area contributed by atoms with Crippen molar-refractivity contribution in [3.05, 3.63) is 29.6 Å². The van der Waals surface area contributed by atoms with Gasteiger partial charge in [-0.3, -0.25) is 9.59 Å². The lowest BCUT2D eigenvalue weighted by atomic mass is 10.1. The maximum absolute atomic E-state index is 13.5. The Morgan fingerprint density at radius 2 is 2.00 bits per heavy atom. The van der Waals surface area contributed by atoms with Gasteiger partial charge in [0.05, 0.1) is 5.69 Å². The number of carbonyl (C=O) groups excluding carboxylic acids is 2. The predicted octanol–water partition coefficient (Wildman–Crippen LogP) is 1.93. The van der Waals surface area contributed by atoms with Crippen LogP contribution in [0.4, 0.5) is 10.1 Å². The van der Waals surface area contributed by atoms with Gasteiger partial charge in [0, 0.05) is 25.1 Å². The first-order valence-electron chi connectivity index (χ1n) is 6.52. The van der Waals surface area contributed by atoms with Crippen molar-refractivity contribution in [2.45, 2.75) is 26.8 Å². The fourth-order valence-corrected chi connectivity index (χ4v) is 1.72. The van der Waals surface area contributed by atoms with Crippen molar-refractivity contribution in [1.82, 2.24) is 10.6 Å². The minimum Gasteiger partial charge on any atom is -0.350 e. The Bertz CT molecular complexity index is 497. The Kier molecular flexibility index (Phi) is 8.57. The molecule has 0 aliphatic heterocycles. The van der Waals surface area contributed by atoms with Gasteiger partial charge in [-0.05, 0) is 31.7 Å². The molecule has 0 aliphatic rings. The number of carbonyl (C=O) groups is 2.